The van der Waals surface area contributed by atoms with Crippen molar-refractivity contribution in [2.24, 2.45) is 0 Å². The number of hydrogen-bond acceptors (Lipinski definition) is 8. The van der Waals surface area contributed by atoms with Crippen LogP contribution in [0.2, 0.25) is 0 Å². The molecule has 1 saturated heterocycles. The smallest absolute Gasteiger partial charge is 0.408 e. The summed E-state index contributed by atoms with van der Waals surface area (Å²) in [5.41, 5.74) is 0.0964. The van der Waals surface area contributed by atoms with Gasteiger partial charge in [0.1, 0.15) is 11.6 Å². The number of ether oxygens (including phenoxy) is 3. The van der Waals surface area contributed by atoms with Gasteiger partial charge in [-0.05, 0) is 32.8 Å². The Morgan fingerprint density at radius 2 is 1.76 bits per heavy atom. The number of rotatable bonds is 9. The van der Waals surface area contributed by atoms with Crippen molar-refractivity contribution >= 4 is 27.8 Å². The Balaban J connectivity index is 1.97. The van der Waals surface area contributed by atoms with Crippen molar-refractivity contribution in [1.82, 2.24) is 10.2 Å². The maximum absolute atomic E-state index is 12.9. The third-order valence-electron chi connectivity index (χ3n) is 4.59. The lowest BCUT2D eigenvalue weighted by molar-refractivity contribution is -0.141. The molecule has 33 heavy (non-hydrogen) atoms. The van der Waals surface area contributed by atoms with E-state index in [2.05, 4.69) is 5.32 Å². The second-order valence-corrected chi connectivity index (χ2v) is 10.7. The van der Waals surface area contributed by atoms with Gasteiger partial charge in [0, 0.05) is 19.5 Å². The fourth-order valence-electron chi connectivity index (χ4n) is 3.05. The number of nitrogens with zero attached hydrogens (tertiary/aromatic N) is 1. The highest BCUT2D eigenvalue weighted by atomic mass is 32.2. The standard InChI is InChI=1S/C22H32N2O8S/c1-22(2,3)32-21(27)23-18(20(26)24-11-13-30-14-12-24)15-33(28,29)16-31-19(25)10-9-17-7-5-4-6-8-17/h4-8,18H,9-16H2,1-3H3,(H,23,27)/t18-/m1/s1. The minimum atomic E-state index is -4.02. The van der Waals surface area contributed by atoms with Gasteiger partial charge in [-0.25, -0.2) is 13.2 Å². The maximum atomic E-state index is 12.9. The molecule has 11 heteroatoms. The van der Waals surface area contributed by atoms with Crippen LogP contribution in [0.3, 0.4) is 0 Å². The highest BCUT2D eigenvalue weighted by molar-refractivity contribution is 7.91. The average molecular weight is 485 g/mol. The zero-order chi connectivity index (χ0) is 24.5. The lowest BCUT2D eigenvalue weighted by Gasteiger charge is -2.31. The summed E-state index contributed by atoms with van der Waals surface area (Å²) in [6, 6.07) is 7.87. The normalized spacial score (nSPS) is 15.4. The van der Waals surface area contributed by atoms with Crippen LogP contribution >= 0.6 is 0 Å². The van der Waals surface area contributed by atoms with Crippen LogP contribution in [0.25, 0.3) is 0 Å². The molecule has 0 unspecified atom stereocenters. The molecule has 0 saturated carbocycles. The first-order valence-corrected chi connectivity index (χ1v) is 12.5. The van der Waals surface area contributed by atoms with E-state index >= 15 is 0 Å². The van der Waals surface area contributed by atoms with Gasteiger partial charge in [0.25, 0.3) is 0 Å². The first-order valence-electron chi connectivity index (χ1n) is 10.7. The van der Waals surface area contributed by atoms with Crippen LogP contribution in [0.4, 0.5) is 4.79 Å². The molecule has 1 aliphatic rings. The summed E-state index contributed by atoms with van der Waals surface area (Å²) in [4.78, 5) is 38.5. The number of esters is 1. The van der Waals surface area contributed by atoms with Crippen molar-refractivity contribution < 1.29 is 37.0 Å². The number of morpholine rings is 1. The summed E-state index contributed by atoms with van der Waals surface area (Å²) in [6.07, 6.45) is -0.478. The van der Waals surface area contributed by atoms with E-state index in [-0.39, 0.29) is 19.5 Å². The molecule has 1 N–H and O–H groups in total. The minimum Gasteiger partial charge on any atom is -0.449 e. The molecule has 0 aliphatic carbocycles. The van der Waals surface area contributed by atoms with Crippen molar-refractivity contribution in [2.45, 2.75) is 45.3 Å². The molecule has 2 rings (SSSR count). The quantitative estimate of drug-likeness (QED) is 0.519. The van der Waals surface area contributed by atoms with E-state index in [0.29, 0.717) is 19.6 Å². The number of aryl methyl sites for hydroxylation is 1. The van der Waals surface area contributed by atoms with E-state index in [1.165, 1.54) is 4.90 Å². The Kier molecular flexibility index (Phi) is 9.66. The van der Waals surface area contributed by atoms with E-state index in [4.69, 9.17) is 14.2 Å². The summed E-state index contributed by atoms with van der Waals surface area (Å²) in [7, 11) is -4.02. The third-order valence-corrected chi connectivity index (χ3v) is 5.91. The molecule has 10 nitrogen and oxygen atoms in total. The molecule has 184 valence electrons. The predicted molar refractivity (Wildman–Crippen MR) is 120 cm³/mol. The molecule has 1 aliphatic heterocycles. The fraction of sp³-hybridized carbons (Fsp3) is 0.591. The van der Waals surface area contributed by atoms with E-state index in [0.717, 1.165) is 5.56 Å². The van der Waals surface area contributed by atoms with E-state index in [1.54, 1.807) is 20.8 Å². The monoisotopic (exact) mass is 484 g/mol. The van der Waals surface area contributed by atoms with Gasteiger partial charge in [0.2, 0.25) is 5.91 Å². The van der Waals surface area contributed by atoms with Crippen molar-refractivity contribution in [3.8, 4) is 0 Å². The highest BCUT2D eigenvalue weighted by Gasteiger charge is 2.33. The van der Waals surface area contributed by atoms with Crippen molar-refractivity contribution in [1.29, 1.82) is 0 Å². The van der Waals surface area contributed by atoms with Gasteiger partial charge in [-0.2, -0.15) is 0 Å². The summed E-state index contributed by atoms with van der Waals surface area (Å²) in [5, 5.41) is 2.35. The van der Waals surface area contributed by atoms with Crippen LogP contribution in [0.15, 0.2) is 30.3 Å². The second-order valence-electron chi connectivity index (χ2n) is 8.67. The number of amides is 2. The lowest BCUT2D eigenvalue weighted by atomic mass is 10.1. The Morgan fingerprint density at radius 3 is 2.36 bits per heavy atom. The summed E-state index contributed by atoms with van der Waals surface area (Å²) in [5.74, 6) is -2.85. The SMILES string of the molecule is CC(C)(C)OC(=O)N[C@H](CS(=O)(=O)COC(=O)CCc1ccccc1)C(=O)N1CCOCC1. The van der Waals surface area contributed by atoms with Crippen LogP contribution in [0.1, 0.15) is 32.8 Å². The summed E-state index contributed by atoms with van der Waals surface area (Å²) < 4.78 is 40.5. The number of nitrogens with one attached hydrogen (secondary N) is 1. The summed E-state index contributed by atoms with van der Waals surface area (Å²) >= 11 is 0. The number of benzene rings is 1. The van der Waals surface area contributed by atoms with E-state index in [9.17, 15) is 22.8 Å². The van der Waals surface area contributed by atoms with E-state index < -0.39 is 51.1 Å². The molecule has 2 amide bonds. The lowest BCUT2D eigenvalue weighted by Crippen LogP contribution is -2.55. The Bertz CT molecular complexity index is 906. The van der Waals surface area contributed by atoms with Crippen LogP contribution in [0.5, 0.6) is 0 Å². The molecule has 0 spiro atoms. The maximum Gasteiger partial charge on any atom is 0.408 e. The first kappa shape index (κ1) is 26.6. The van der Waals surface area contributed by atoms with Gasteiger partial charge in [-0.1, -0.05) is 30.3 Å². The number of sulfone groups is 1. The Labute approximate surface area is 194 Å². The number of alkyl carbamates (subject to hydrolysis) is 1. The summed E-state index contributed by atoms with van der Waals surface area (Å²) in [6.45, 7) is 6.14. The average Bonchev–Trinajstić information content (AvgIpc) is 2.75. The first-order chi connectivity index (χ1) is 15.5. The molecule has 0 aromatic heterocycles. The zero-order valence-corrected chi connectivity index (χ0v) is 20.1. The number of carbonyl (C=O) groups is 3. The molecular weight excluding hydrogens is 452 g/mol. The van der Waals surface area contributed by atoms with Crippen LogP contribution in [-0.2, 0) is 40.1 Å². The van der Waals surface area contributed by atoms with Crippen molar-refractivity contribution in [3.05, 3.63) is 35.9 Å². The van der Waals surface area contributed by atoms with Crippen LogP contribution < -0.4 is 5.32 Å². The second kappa shape index (κ2) is 12.0. The topological polar surface area (TPSA) is 128 Å². The Hall–Kier alpha value is -2.66. The fourth-order valence-corrected chi connectivity index (χ4v) is 4.19. The van der Waals surface area contributed by atoms with Gasteiger partial charge in [0.15, 0.2) is 15.8 Å². The zero-order valence-electron chi connectivity index (χ0n) is 19.2. The van der Waals surface area contributed by atoms with Gasteiger partial charge >= 0.3 is 12.1 Å². The third kappa shape index (κ3) is 10.2. The van der Waals surface area contributed by atoms with Gasteiger partial charge in [-0.3, -0.25) is 9.59 Å². The largest absolute Gasteiger partial charge is 0.449 e. The molecule has 1 heterocycles. The highest BCUT2D eigenvalue weighted by Crippen LogP contribution is 2.10. The van der Waals surface area contributed by atoms with E-state index in [1.807, 2.05) is 30.3 Å². The van der Waals surface area contributed by atoms with Crippen LogP contribution in [-0.4, -0.2) is 80.9 Å². The van der Waals surface area contributed by atoms with Gasteiger partial charge < -0.3 is 24.4 Å². The van der Waals surface area contributed by atoms with Gasteiger partial charge in [-0.15, -0.1) is 0 Å². The number of carbonyl (C=O) groups excluding carboxylic acids is 3. The van der Waals surface area contributed by atoms with Crippen molar-refractivity contribution in [2.75, 3.05) is 38.0 Å². The Morgan fingerprint density at radius 1 is 1.12 bits per heavy atom. The van der Waals surface area contributed by atoms with Crippen molar-refractivity contribution in [3.63, 3.8) is 0 Å². The molecule has 1 aromatic rings. The molecule has 1 atom stereocenters. The predicted octanol–water partition coefficient (Wildman–Crippen LogP) is 1.29. The molecular formula is C22H32N2O8S. The molecule has 1 fully saturated rings. The van der Waals surface area contributed by atoms with Crippen LogP contribution in [0, 0.1) is 0 Å². The minimum absolute atomic E-state index is 0.0197. The molecule has 1 aromatic carbocycles. The molecule has 0 bridgehead atoms. The number of hydrogen-bond donors (Lipinski definition) is 1. The molecule has 0 radical (unpaired) electrons. The van der Waals surface area contributed by atoms with Gasteiger partial charge in [0.05, 0.1) is 19.0 Å².